The Kier molecular flexibility index (Phi) is 4.12. The summed E-state index contributed by atoms with van der Waals surface area (Å²) in [6, 6.07) is 10.6. The van der Waals surface area contributed by atoms with Crippen molar-refractivity contribution < 1.29 is 13.9 Å². The van der Waals surface area contributed by atoms with Crippen molar-refractivity contribution in [2.75, 3.05) is 6.54 Å². The van der Waals surface area contributed by atoms with Gasteiger partial charge in [0.25, 0.3) is 0 Å². The van der Waals surface area contributed by atoms with Gasteiger partial charge in [-0.2, -0.15) is 0 Å². The van der Waals surface area contributed by atoms with Crippen LogP contribution in [0.5, 0.6) is 5.75 Å². The molecule has 0 spiro atoms. The minimum Gasteiger partial charge on any atom is -0.508 e. The first kappa shape index (κ1) is 13.5. The van der Waals surface area contributed by atoms with E-state index in [4.69, 9.17) is 5.73 Å². The van der Waals surface area contributed by atoms with Crippen molar-refractivity contribution in [1.29, 1.82) is 0 Å². The number of nitrogens with two attached hydrogens (primary N) is 1. The molecule has 0 bridgehead atoms. The maximum atomic E-state index is 13.2. The summed E-state index contributed by atoms with van der Waals surface area (Å²) in [4.78, 5) is 0. The normalized spacial score (nSPS) is 12.4. The van der Waals surface area contributed by atoms with Gasteiger partial charge in [-0.05, 0) is 48.4 Å². The number of hydrogen-bond donors (Lipinski definition) is 2. The van der Waals surface area contributed by atoms with Gasteiger partial charge < -0.3 is 10.8 Å². The molecule has 4 heteroatoms. The second-order valence-electron chi connectivity index (χ2n) is 4.48. The molecule has 0 aliphatic carbocycles. The van der Waals surface area contributed by atoms with E-state index in [1.165, 1.54) is 6.07 Å². The van der Waals surface area contributed by atoms with Crippen LogP contribution in [0.25, 0.3) is 0 Å². The van der Waals surface area contributed by atoms with Crippen LogP contribution in [-0.4, -0.2) is 11.7 Å². The number of phenols is 1. The van der Waals surface area contributed by atoms with E-state index in [9.17, 15) is 13.9 Å². The van der Waals surface area contributed by atoms with E-state index in [1.807, 2.05) is 6.07 Å². The zero-order valence-corrected chi connectivity index (χ0v) is 10.3. The lowest BCUT2D eigenvalue weighted by Gasteiger charge is -2.15. The fraction of sp³-hybridized carbons (Fsp3) is 0.200. The van der Waals surface area contributed by atoms with Gasteiger partial charge in [0.05, 0.1) is 0 Å². The molecule has 0 aromatic heterocycles. The fourth-order valence-corrected chi connectivity index (χ4v) is 2.07. The average Bonchev–Trinajstić information content (AvgIpc) is 2.39. The third-order valence-electron chi connectivity index (χ3n) is 3.09. The highest BCUT2D eigenvalue weighted by atomic mass is 19.2. The lowest BCUT2D eigenvalue weighted by molar-refractivity contribution is 0.474. The minimum absolute atomic E-state index is 0.114. The summed E-state index contributed by atoms with van der Waals surface area (Å²) in [5, 5.41) is 9.41. The topological polar surface area (TPSA) is 46.2 Å². The Morgan fingerprint density at radius 3 is 2.47 bits per heavy atom. The van der Waals surface area contributed by atoms with E-state index in [0.29, 0.717) is 18.5 Å². The summed E-state index contributed by atoms with van der Waals surface area (Å²) >= 11 is 0. The Bertz CT molecular complexity index is 572. The van der Waals surface area contributed by atoms with Crippen molar-refractivity contribution in [2.24, 2.45) is 5.73 Å². The molecule has 1 atom stereocenters. The van der Waals surface area contributed by atoms with Gasteiger partial charge in [-0.15, -0.1) is 0 Å². The van der Waals surface area contributed by atoms with Gasteiger partial charge in [-0.25, -0.2) is 8.78 Å². The highest BCUT2D eigenvalue weighted by molar-refractivity contribution is 5.30. The van der Waals surface area contributed by atoms with Crippen LogP contribution in [0.1, 0.15) is 17.0 Å². The van der Waals surface area contributed by atoms with Gasteiger partial charge in [-0.3, -0.25) is 0 Å². The van der Waals surface area contributed by atoms with Gasteiger partial charge in [0, 0.05) is 5.92 Å². The quantitative estimate of drug-likeness (QED) is 0.890. The van der Waals surface area contributed by atoms with E-state index in [0.717, 1.165) is 11.6 Å². The Morgan fingerprint density at radius 2 is 1.84 bits per heavy atom. The molecule has 100 valence electrons. The summed E-state index contributed by atoms with van der Waals surface area (Å²) in [7, 11) is 0. The summed E-state index contributed by atoms with van der Waals surface area (Å²) in [6.07, 6.45) is 0.565. The van der Waals surface area contributed by atoms with Crippen LogP contribution in [0, 0.1) is 11.6 Å². The van der Waals surface area contributed by atoms with E-state index in [-0.39, 0.29) is 11.7 Å². The monoisotopic (exact) mass is 263 g/mol. The van der Waals surface area contributed by atoms with Crippen LogP contribution in [0.15, 0.2) is 42.5 Å². The lowest BCUT2D eigenvalue weighted by Crippen LogP contribution is -2.15. The Balaban J connectivity index is 2.22. The predicted molar refractivity (Wildman–Crippen MR) is 70.0 cm³/mol. The number of aromatic hydroxyl groups is 1. The van der Waals surface area contributed by atoms with Crippen molar-refractivity contribution in [3.8, 4) is 5.75 Å². The van der Waals surface area contributed by atoms with Crippen LogP contribution < -0.4 is 5.73 Å². The maximum Gasteiger partial charge on any atom is 0.159 e. The first-order valence-corrected chi connectivity index (χ1v) is 6.03. The zero-order chi connectivity index (χ0) is 13.8. The van der Waals surface area contributed by atoms with Crippen molar-refractivity contribution in [2.45, 2.75) is 12.3 Å². The van der Waals surface area contributed by atoms with Crippen molar-refractivity contribution in [3.63, 3.8) is 0 Å². The second-order valence-corrected chi connectivity index (χ2v) is 4.48. The predicted octanol–water partition coefficient (Wildman–Crippen LogP) is 2.96. The molecule has 0 heterocycles. The molecule has 0 amide bonds. The van der Waals surface area contributed by atoms with Crippen LogP contribution in [-0.2, 0) is 6.42 Å². The van der Waals surface area contributed by atoms with Gasteiger partial charge in [0.2, 0.25) is 0 Å². The van der Waals surface area contributed by atoms with Crippen LogP contribution in [0.4, 0.5) is 8.78 Å². The number of rotatable bonds is 4. The number of benzene rings is 2. The first-order valence-electron chi connectivity index (χ1n) is 6.03. The summed E-state index contributed by atoms with van der Waals surface area (Å²) in [5.74, 6) is -1.67. The molecule has 3 N–H and O–H groups in total. The molecule has 0 aliphatic rings. The van der Waals surface area contributed by atoms with Gasteiger partial charge in [0.15, 0.2) is 11.6 Å². The minimum atomic E-state index is -0.869. The molecule has 0 aliphatic heterocycles. The molecule has 0 fully saturated rings. The van der Waals surface area contributed by atoms with Crippen molar-refractivity contribution >= 4 is 0 Å². The zero-order valence-electron chi connectivity index (χ0n) is 10.3. The second kappa shape index (κ2) is 5.80. The SMILES string of the molecule is NCC(Cc1cccc(O)c1)c1ccc(F)c(F)c1. The molecule has 19 heavy (non-hydrogen) atoms. The van der Waals surface area contributed by atoms with Crippen LogP contribution in [0.2, 0.25) is 0 Å². The maximum absolute atomic E-state index is 13.2. The van der Waals surface area contributed by atoms with E-state index >= 15 is 0 Å². The number of halogens is 2. The van der Waals surface area contributed by atoms with Gasteiger partial charge in [-0.1, -0.05) is 18.2 Å². The Labute approximate surface area is 110 Å². The number of phenolic OH excluding ortho intramolecular Hbond substituents is 1. The van der Waals surface area contributed by atoms with Crippen LogP contribution in [0.3, 0.4) is 0 Å². The smallest absolute Gasteiger partial charge is 0.159 e. The molecule has 2 rings (SSSR count). The van der Waals surface area contributed by atoms with E-state index in [2.05, 4.69) is 0 Å². The number of hydrogen-bond acceptors (Lipinski definition) is 2. The Hall–Kier alpha value is -1.94. The molecule has 0 saturated carbocycles. The van der Waals surface area contributed by atoms with Gasteiger partial charge >= 0.3 is 0 Å². The van der Waals surface area contributed by atoms with Gasteiger partial charge in [0.1, 0.15) is 5.75 Å². The molecule has 0 saturated heterocycles. The lowest BCUT2D eigenvalue weighted by atomic mass is 9.92. The molecule has 2 aromatic carbocycles. The van der Waals surface area contributed by atoms with Crippen molar-refractivity contribution in [3.05, 3.63) is 65.2 Å². The van der Waals surface area contributed by atoms with E-state index in [1.54, 1.807) is 24.3 Å². The highest BCUT2D eigenvalue weighted by Gasteiger charge is 2.13. The van der Waals surface area contributed by atoms with Crippen molar-refractivity contribution in [1.82, 2.24) is 0 Å². The molecule has 0 radical (unpaired) electrons. The highest BCUT2D eigenvalue weighted by Crippen LogP contribution is 2.23. The fourth-order valence-electron chi connectivity index (χ4n) is 2.07. The third-order valence-corrected chi connectivity index (χ3v) is 3.09. The first-order chi connectivity index (χ1) is 9.10. The summed E-state index contributed by atoms with van der Waals surface area (Å²) in [5.41, 5.74) is 7.26. The molecule has 1 unspecified atom stereocenters. The molecule has 2 aromatic rings. The molecular weight excluding hydrogens is 248 g/mol. The molecule has 2 nitrogen and oxygen atoms in total. The summed E-state index contributed by atoms with van der Waals surface area (Å²) in [6.45, 7) is 0.320. The average molecular weight is 263 g/mol. The standard InChI is InChI=1S/C15H15F2NO/c16-14-5-4-11(8-15(14)17)12(9-18)6-10-2-1-3-13(19)7-10/h1-5,7-8,12,19H,6,9,18H2. The van der Waals surface area contributed by atoms with E-state index < -0.39 is 11.6 Å². The van der Waals surface area contributed by atoms with Crippen LogP contribution >= 0.6 is 0 Å². The largest absolute Gasteiger partial charge is 0.508 e. The summed E-state index contributed by atoms with van der Waals surface area (Å²) < 4.78 is 26.1. The third kappa shape index (κ3) is 3.29. The Morgan fingerprint density at radius 1 is 1.05 bits per heavy atom. The molecular formula is C15H15F2NO.